The molecule has 0 saturated heterocycles. The van der Waals surface area contributed by atoms with Gasteiger partial charge in [-0.2, -0.15) is 0 Å². The quantitative estimate of drug-likeness (QED) is 0.565. The molecule has 2 aromatic rings. The number of benzene rings is 2. The summed E-state index contributed by atoms with van der Waals surface area (Å²) in [5.41, 5.74) is 1.39. The highest BCUT2D eigenvalue weighted by molar-refractivity contribution is 6.02. The van der Waals surface area contributed by atoms with E-state index in [-0.39, 0.29) is 23.9 Å². The number of hydrogen-bond donors (Lipinski definition) is 2. The van der Waals surface area contributed by atoms with E-state index in [0.29, 0.717) is 11.1 Å². The molecule has 4 unspecified atom stereocenters. The van der Waals surface area contributed by atoms with Crippen LogP contribution in [0.15, 0.2) is 36.4 Å². The molecule has 2 aliphatic carbocycles. The molecular weight excluding hydrogens is 396 g/mol. The molecule has 0 spiro atoms. The number of carbonyl (C=O) groups is 2. The maximum absolute atomic E-state index is 12.8. The second-order valence-electron chi connectivity index (χ2n) is 10.00. The van der Waals surface area contributed by atoms with Crippen molar-refractivity contribution < 1.29 is 9.59 Å². The van der Waals surface area contributed by atoms with Crippen LogP contribution in [0.1, 0.15) is 98.8 Å². The van der Waals surface area contributed by atoms with Crippen molar-refractivity contribution in [2.45, 2.75) is 90.1 Å². The van der Waals surface area contributed by atoms with E-state index in [2.05, 4.69) is 24.5 Å². The Morgan fingerprint density at radius 2 is 1.16 bits per heavy atom. The lowest BCUT2D eigenvalue weighted by molar-refractivity contribution is 0.0910. The molecule has 0 radical (unpaired) electrons. The predicted octanol–water partition coefficient (Wildman–Crippen LogP) is 6.24. The van der Waals surface area contributed by atoms with E-state index in [9.17, 15) is 9.59 Å². The third-order valence-electron chi connectivity index (χ3n) is 7.76. The van der Waals surface area contributed by atoms with Gasteiger partial charge in [0.05, 0.1) is 0 Å². The lowest BCUT2D eigenvalue weighted by atomic mass is 9.84. The highest BCUT2D eigenvalue weighted by Crippen LogP contribution is 2.28. The molecule has 172 valence electrons. The smallest absolute Gasteiger partial charge is 0.251 e. The Morgan fingerprint density at radius 3 is 1.56 bits per heavy atom. The van der Waals surface area contributed by atoms with Crippen LogP contribution in [0.2, 0.25) is 0 Å². The van der Waals surface area contributed by atoms with Gasteiger partial charge in [-0.25, -0.2) is 0 Å². The summed E-state index contributed by atoms with van der Waals surface area (Å²) in [6.45, 7) is 4.48. The minimum Gasteiger partial charge on any atom is -0.349 e. The highest BCUT2D eigenvalue weighted by atomic mass is 16.2. The molecule has 2 amide bonds. The van der Waals surface area contributed by atoms with E-state index in [0.717, 1.165) is 48.3 Å². The second-order valence-corrected chi connectivity index (χ2v) is 10.00. The van der Waals surface area contributed by atoms with Gasteiger partial charge in [0.1, 0.15) is 0 Å². The van der Waals surface area contributed by atoms with Crippen LogP contribution in [0.3, 0.4) is 0 Å². The summed E-state index contributed by atoms with van der Waals surface area (Å²) < 4.78 is 0. The summed E-state index contributed by atoms with van der Waals surface area (Å²) in [5.74, 6) is 1.49. The molecule has 4 nitrogen and oxygen atoms in total. The maximum Gasteiger partial charge on any atom is 0.251 e. The summed E-state index contributed by atoms with van der Waals surface area (Å²) in [6, 6.07) is 12.2. The van der Waals surface area contributed by atoms with E-state index in [1.807, 2.05) is 36.4 Å². The molecule has 4 heteroatoms. The Bertz CT molecular complexity index is 876. The fraction of sp³-hybridized carbons (Fsp3) is 0.571. The number of hydrogen-bond acceptors (Lipinski definition) is 2. The molecule has 2 aliphatic rings. The van der Waals surface area contributed by atoms with Gasteiger partial charge in [-0.05, 0) is 72.6 Å². The van der Waals surface area contributed by atoms with Gasteiger partial charge in [0, 0.05) is 23.2 Å². The first-order valence-electron chi connectivity index (χ1n) is 12.7. The zero-order valence-electron chi connectivity index (χ0n) is 19.7. The number of carbonyl (C=O) groups excluding carboxylic acids is 2. The molecule has 0 bridgehead atoms. The second kappa shape index (κ2) is 10.5. The largest absolute Gasteiger partial charge is 0.349 e. The zero-order chi connectivity index (χ0) is 22.5. The molecule has 4 rings (SSSR count). The number of rotatable bonds is 6. The van der Waals surface area contributed by atoms with Crippen molar-refractivity contribution >= 4 is 22.6 Å². The van der Waals surface area contributed by atoms with Crippen molar-refractivity contribution in [3.63, 3.8) is 0 Å². The molecule has 32 heavy (non-hydrogen) atoms. The molecule has 0 aliphatic heterocycles. The topological polar surface area (TPSA) is 58.2 Å². The Balaban J connectivity index is 1.40. The SMILES string of the molecule is CCC1CCCC(NC(=O)c2ccc3cc(C(=O)NC4CCCC(CC)C4)ccc3c2)C1. The van der Waals surface area contributed by atoms with E-state index < -0.39 is 0 Å². The third-order valence-corrected chi connectivity index (χ3v) is 7.76. The Labute approximate surface area is 192 Å². The average Bonchev–Trinajstić information content (AvgIpc) is 2.83. The van der Waals surface area contributed by atoms with E-state index in [1.165, 1.54) is 38.5 Å². The monoisotopic (exact) mass is 434 g/mol. The van der Waals surface area contributed by atoms with Crippen LogP contribution in [0.4, 0.5) is 0 Å². The first-order chi connectivity index (χ1) is 15.6. The lowest BCUT2D eigenvalue weighted by Gasteiger charge is -2.29. The van der Waals surface area contributed by atoms with Gasteiger partial charge in [0.15, 0.2) is 0 Å². The van der Waals surface area contributed by atoms with Gasteiger partial charge in [-0.15, -0.1) is 0 Å². The van der Waals surface area contributed by atoms with Crippen molar-refractivity contribution in [2.24, 2.45) is 11.8 Å². The summed E-state index contributed by atoms with van der Waals surface area (Å²) in [7, 11) is 0. The Kier molecular flexibility index (Phi) is 7.49. The van der Waals surface area contributed by atoms with Crippen LogP contribution in [-0.4, -0.2) is 23.9 Å². The van der Waals surface area contributed by atoms with Gasteiger partial charge in [-0.1, -0.05) is 64.5 Å². The lowest BCUT2D eigenvalue weighted by Crippen LogP contribution is -2.38. The van der Waals surface area contributed by atoms with Crippen molar-refractivity contribution in [3.05, 3.63) is 47.5 Å². The van der Waals surface area contributed by atoms with Gasteiger partial charge in [0.25, 0.3) is 11.8 Å². The van der Waals surface area contributed by atoms with E-state index in [4.69, 9.17) is 0 Å². The van der Waals surface area contributed by atoms with Crippen molar-refractivity contribution in [1.82, 2.24) is 10.6 Å². The maximum atomic E-state index is 12.8. The number of fused-ring (bicyclic) bond motifs is 1. The van der Waals surface area contributed by atoms with Gasteiger partial charge >= 0.3 is 0 Å². The van der Waals surface area contributed by atoms with Crippen LogP contribution < -0.4 is 10.6 Å². The van der Waals surface area contributed by atoms with Gasteiger partial charge < -0.3 is 10.6 Å². The third kappa shape index (κ3) is 5.51. The Hall–Kier alpha value is -2.36. The van der Waals surface area contributed by atoms with Crippen LogP contribution >= 0.6 is 0 Å². The van der Waals surface area contributed by atoms with E-state index in [1.54, 1.807) is 0 Å². The van der Waals surface area contributed by atoms with Crippen molar-refractivity contribution in [1.29, 1.82) is 0 Å². The zero-order valence-corrected chi connectivity index (χ0v) is 19.7. The molecule has 0 heterocycles. The summed E-state index contributed by atoms with van der Waals surface area (Å²) in [6.07, 6.45) is 11.7. The van der Waals surface area contributed by atoms with Gasteiger partial charge in [0.2, 0.25) is 0 Å². The molecular formula is C28H38N2O2. The molecule has 2 aromatic carbocycles. The molecule has 2 saturated carbocycles. The van der Waals surface area contributed by atoms with Crippen LogP contribution in [0, 0.1) is 11.8 Å². The average molecular weight is 435 g/mol. The van der Waals surface area contributed by atoms with Gasteiger partial charge in [-0.3, -0.25) is 9.59 Å². The number of amides is 2. The van der Waals surface area contributed by atoms with Crippen LogP contribution in [0.5, 0.6) is 0 Å². The fourth-order valence-corrected chi connectivity index (χ4v) is 5.65. The van der Waals surface area contributed by atoms with E-state index >= 15 is 0 Å². The normalized spacial score (nSPS) is 25.9. The first-order valence-corrected chi connectivity index (χ1v) is 12.7. The standard InChI is InChI=1S/C28H38N2O2/c1-3-19-7-5-9-25(15-19)29-27(31)23-13-11-22-18-24(14-12-21(22)17-23)28(32)30-26-10-6-8-20(4-2)16-26/h11-14,17-20,25-26H,3-10,15-16H2,1-2H3,(H,29,31)(H,30,32). The highest BCUT2D eigenvalue weighted by Gasteiger charge is 2.24. The predicted molar refractivity (Wildman–Crippen MR) is 131 cm³/mol. The van der Waals surface area contributed by atoms with Crippen molar-refractivity contribution in [3.8, 4) is 0 Å². The summed E-state index contributed by atoms with van der Waals surface area (Å²) in [4.78, 5) is 25.6. The molecule has 2 fully saturated rings. The van der Waals surface area contributed by atoms with Crippen molar-refractivity contribution in [2.75, 3.05) is 0 Å². The fourth-order valence-electron chi connectivity index (χ4n) is 5.65. The summed E-state index contributed by atoms with van der Waals surface area (Å²) in [5, 5.41) is 8.48. The Morgan fingerprint density at radius 1 is 0.719 bits per heavy atom. The molecule has 4 atom stereocenters. The molecule has 0 aromatic heterocycles. The minimum absolute atomic E-state index is 0.0123. The summed E-state index contributed by atoms with van der Waals surface area (Å²) >= 11 is 0. The molecule has 2 N–H and O–H groups in total. The number of nitrogens with one attached hydrogen (secondary N) is 2. The first kappa shape index (κ1) is 22.8. The van der Waals surface area contributed by atoms with Crippen LogP contribution in [0.25, 0.3) is 10.8 Å². The van der Waals surface area contributed by atoms with Crippen LogP contribution in [-0.2, 0) is 0 Å². The minimum atomic E-state index is 0.0123.